The summed E-state index contributed by atoms with van der Waals surface area (Å²) >= 11 is 0. The molecule has 0 aliphatic heterocycles. The van der Waals surface area contributed by atoms with Crippen molar-refractivity contribution in [2.24, 2.45) is 0 Å². The van der Waals surface area contributed by atoms with Crippen molar-refractivity contribution >= 4 is 6.08 Å². The third-order valence-electron chi connectivity index (χ3n) is 2.22. The minimum atomic E-state index is 0.896. The first-order valence-electron chi connectivity index (χ1n) is 5.95. The van der Waals surface area contributed by atoms with E-state index in [2.05, 4.69) is 44.0 Å². The predicted molar refractivity (Wildman–Crippen MR) is 80.1 cm³/mol. The normalized spacial score (nSPS) is 9.88. The second kappa shape index (κ2) is 9.41. The lowest BCUT2D eigenvalue weighted by atomic mass is 10.0. The molecule has 0 N–H and O–H groups in total. The van der Waals surface area contributed by atoms with Crippen molar-refractivity contribution < 1.29 is 0 Å². The Morgan fingerprint density at radius 1 is 1.06 bits per heavy atom. The molecule has 1 aromatic rings. The zero-order valence-corrected chi connectivity index (χ0v) is 10.9. The van der Waals surface area contributed by atoms with E-state index in [1.165, 1.54) is 11.1 Å². The lowest BCUT2D eigenvalue weighted by Crippen LogP contribution is -1.87. The molecular formula is C17H22. The van der Waals surface area contributed by atoms with Gasteiger partial charge in [0, 0.05) is 0 Å². The minimum absolute atomic E-state index is 0.896. The third-order valence-corrected chi connectivity index (χ3v) is 2.22. The molecule has 0 atom stereocenters. The second-order valence-electron chi connectivity index (χ2n) is 3.30. The summed E-state index contributed by atoms with van der Waals surface area (Å²) in [5.41, 5.74) is 3.59. The van der Waals surface area contributed by atoms with E-state index in [-0.39, 0.29) is 0 Å². The highest BCUT2D eigenvalue weighted by Crippen LogP contribution is 2.11. The standard InChI is InChI=1S/C15H16.C2H6/c1-4-7-14(6-3)12-15-10-8-13(5-2)9-11-15;1-2/h4-11H,1-3,12H2;1-2H3/b14-7+;. The van der Waals surface area contributed by atoms with Crippen molar-refractivity contribution in [2.75, 3.05) is 0 Å². The molecule has 0 fully saturated rings. The molecule has 17 heavy (non-hydrogen) atoms. The Balaban J connectivity index is 0.00000121. The van der Waals surface area contributed by atoms with Gasteiger partial charge in [0.05, 0.1) is 0 Å². The maximum Gasteiger partial charge on any atom is -0.00260 e. The van der Waals surface area contributed by atoms with Gasteiger partial charge >= 0.3 is 0 Å². The van der Waals surface area contributed by atoms with Crippen molar-refractivity contribution in [3.8, 4) is 0 Å². The van der Waals surface area contributed by atoms with Crippen LogP contribution in [0.25, 0.3) is 6.08 Å². The van der Waals surface area contributed by atoms with Crippen LogP contribution >= 0.6 is 0 Å². The van der Waals surface area contributed by atoms with Crippen molar-refractivity contribution in [1.82, 2.24) is 0 Å². The van der Waals surface area contributed by atoms with Gasteiger partial charge in [0.1, 0.15) is 0 Å². The van der Waals surface area contributed by atoms with Crippen LogP contribution in [-0.2, 0) is 6.42 Å². The van der Waals surface area contributed by atoms with Gasteiger partial charge in [0.25, 0.3) is 0 Å². The van der Waals surface area contributed by atoms with Gasteiger partial charge in [-0.3, -0.25) is 0 Å². The summed E-state index contributed by atoms with van der Waals surface area (Å²) in [5.74, 6) is 0. The van der Waals surface area contributed by atoms with Crippen LogP contribution in [-0.4, -0.2) is 0 Å². The molecule has 0 spiro atoms. The van der Waals surface area contributed by atoms with Crippen LogP contribution in [0.3, 0.4) is 0 Å². The fourth-order valence-electron chi connectivity index (χ4n) is 1.36. The quantitative estimate of drug-likeness (QED) is 0.606. The summed E-state index contributed by atoms with van der Waals surface area (Å²) in [4.78, 5) is 0. The SMILES string of the molecule is C=C/C=C(\C=C)Cc1ccc(C=C)cc1.CC. The first kappa shape index (κ1) is 15.2. The fourth-order valence-corrected chi connectivity index (χ4v) is 1.36. The van der Waals surface area contributed by atoms with E-state index in [0.29, 0.717) is 0 Å². The number of hydrogen-bond donors (Lipinski definition) is 0. The number of hydrogen-bond acceptors (Lipinski definition) is 0. The highest BCUT2D eigenvalue weighted by atomic mass is 14.0. The van der Waals surface area contributed by atoms with E-state index in [9.17, 15) is 0 Å². The van der Waals surface area contributed by atoms with Crippen molar-refractivity contribution in [2.45, 2.75) is 20.3 Å². The van der Waals surface area contributed by atoms with Crippen molar-refractivity contribution in [1.29, 1.82) is 0 Å². The summed E-state index contributed by atoms with van der Waals surface area (Å²) < 4.78 is 0. The molecule has 1 rings (SSSR count). The number of allylic oxidation sites excluding steroid dienone is 4. The molecule has 0 aliphatic rings. The Kier molecular flexibility index (Phi) is 8.40. The van der Waals surface area contributed by atoms with Gasteiger partial charge in [-0.1, -0.05) is 82.2 Å². The monoisotopic (exact) mass is 226 g/mol. The van der Waals surface area contributed by atoms with Crippen LogP contribution < -0.4 is 0 Å². The van der Waals surface area contributed by atoms with Crippen LogP contribution in [0, 0.1) is 0 Å². The predicted octanol–water partition coefficient (Wildman–Crippen LogP) is 5.20. The van der Waals surface area contributed by atoms with Gasteiger partial charge in [-0.25, -0.2) is 0 Å². The topological polar surface area (TPSA) is 0 Å². The molecule has 0 nitrogen and oxygen atoms in total. The van der Waals surface area contributed by atoms with Crippen molar-refractivity contribution in [3.63, 3.8) is 0 Å². The Morgan fingerprint density at radius 3 is 2.06 bits per heavy atom. The van der Waals surface area contributed by atoms with Gasteiger partial charge < -0.3 is 0 Å². The average Bonchev–Trinajstić information content (AvgIpc) is 2.41. The minimum Gasteiger partial charge on any atom is -0.0991 e. The molecule has 0 saturated carbocycles. The second-order valence-corrected chi connectivity index (χ2v) is 3.30. The van der Waals surface area contributed by atoms with Crippen LogP contribution in [0.4, 0.5) is 0 Å². The smallest absolute Gasteiger partial charge is 0.00260 e. The zero-order valence-electron chi connectivity index (χ0n) is 10.9. The molecule has 0 unspecified atom stereocenters. The van der Waals surface area contributed by atoms with Gasteiger partial charge in [-0.15, -0.1) is 0 Å². The summed E-state index contributed by atoms with van der Waals surface area (Å²) in [6, 6.07) is 8.35. The Bertz CT molecular complexity index is 377. The van der Waals surface area contributed by atoms with E-state index in [4.69, 9.17) is 0 Å². The van der Waals surface area contributed by atoms with Crippen LogP contribution in [0.15, 0.2) is 67.8 Å². The van der Waals surface area contributed by atoms with Gasteiger partial charge in [0.15, 0.2) is 0 Å². The Morgan fingerprint density at radius 2 is 1.65 bits per heavy atom. The number of benzene rings is 1. The zero-order chi connectivity index (χ0) is 13.1. The molecule has 0 aliphatic carbocycles. The van der Waals surface area contributed by atoms with Crippen molar-refractivity contribution in [3.05, 3.63) is 78.9 Å². The maximum atomic E-state index is 3.78. The first-order chi connectivity index (χ1) is 8.30. The highest BCUT2D eigenvalue weighted by Gasteiger charge is 1.95. The summed E-state index contributed by atoms with van der Waals surface area (Å²) in [6.45, 7) is 15.2. The van der Waals surface area contributed by atoms with Crippen LogP contribution in [0.1, 0.15) is 25.0 Å². The van der Waals surface area contributed by atoms with Crippen LogP contribution in [0.5, 0.6) is 0 Å². The van der Waals surface area contributed by atoms with E-state index in [1.54, 1.807) is 6.08 Å². The molecule has 0 heteroatoms. The number of rotatable bonds is 5. The van der Waals surface area contributed by atoms with Crippen LogP contribution in [0.2, 0.25) is 0 Å². The fraction of sp³-hybridized carbons (Fsp3) is 0.176. The molecular weight excluding hydrogens is 204 g/mol. The first-order valence-corrected chi connectivity index (χ1v) is 5.95. The Hall–Kier alpha value is -1.82. The summed E-state index contributed by atoms with van der Waals surface area (Å²) in [5, 5.41) is 0. The third kappa shape index (κ3) is 5.72. The molecule has 1 aromatic carbocycles. The van der Waals surface area contributed by atoms with Gasteiger partial charge in [-0.05, 0) is 23.1 Å². The molecule has 0 bridgehead atoms. The van der Waals surface area contributed by atoms with Gasteiger partial charge in [-0.2, -0.15) is 0 Å². The van der Waals surface area contributed by atoms with E-state index >= 15 is 0 Å². The molecule has 90 valence electrons. The molecule has 0 saturated heterocycles. The lowest BCUT2D eigenvalue weighted by molar-refractivity contribution is 1.20. The molecule has 0 heterocycles. The summed E-state index contributed by atoms with van der Waals surface area (Å²) in [7, 11) is 0. The molecule has 0 aromatic heterocycles. The average molecular weight is 226 g/mol. The lowest BCUT2D eigenvalue weighted by Gasteiger charge is -2.02. The van der Waals surface area contributed by atoms with E-state index < -0.39 is 0 Å². The molecule has 0 radical (unpaired) electrons. The largest absolute Gasteiger partial charge is 0.0991 e. The maximum absolute atomic E-state index is 3.78. The molecule has 0 amide bonds. The van der Waals surface area contributed by atoms with Gasteiger partial charge in [0.2, 0.25) is 0 Å². The van der Waals surface area contributed by atoms with E-state index in [0.717, 1.165) is 12.0 Å². The summed E-state index contributed by atoms with van der Waals surface area (Å²) in [6.07, 6.45) is 8.37. The highest BCUT2D eigenvalue weighted by molar-refractivity contribution is 5.47. The van der Waals surface area contributed by atoms with E-state index in [1.807, 2.05) is 32.1 Å². The Labute approximate surface area is 106 Å².